The number of carbonyl (C=O) groups excluding carboxylic acids is 1. The lowest BCUT2D eigenvalue weighted by molar-refractivity contribution is -0.394. The second-order valence-corrected chi connectivity index (χ2v) is 13.1. The number of nitro groups is 2. The number of nitrogens with zero attached hydrogens (tertiary/aromatic N) is 4. The summed E-state index contributed by atoms with van der Waals surface area (Å²) in [6.07, 6.45) is 2.09. The van der Waals surface area contributed by atoms with Crippen LogP contribution < -0.4 is 5.32 Å². The first-order valence-corrected chi connectivity index (χ1v) is 14.0. The van der Waals surface area contributed by atoms with E-state index < -0.39 is 65.4 Å². The highest BCUT2D eigenvalue weighted by Crippen LogP contribution is 2.29. The zero-order chi connectivity index (χ0) is 30.5. The number of carboxylic acid groups (broad SMARTS) is 1. The van der Waals surface area contributed by atoms with Crippen molar-refractivity contribution in [3.63, 3.8) is 0 Å². The van der Waals surface area contributed by atoms with E-state index in [4.69, 9.17) is 0 Å². The Bertz CT molecular complexity index is 1560. The standard InChI is InChI=1S/C26H29N5O9S/c1-26(2,3)41(39,40)15-18(11-17-7-5-4-6-8-17)24(32)28-21(25(33)34)12-20-14-27-16-29(20)22-10-9-19(30(35)36)13-23(22)31(37)38/h4-10,13-14,16,18,21H,11-12,15H2,1-3H3,(H,28,32)(H,33,34)/t18-,21+/m1/s1. The Balaban J connectivity index is 1.92. The maximum atomic E-state index is 13.4. The normalized spacial score (nSPS) is 13.2. The third-order valence-electron chi connectivity index (χ3n) is 6.42. The molecule has 41 heavy (non-hydrogen) atoms. The van der Waals surface area contributed by atoms with Gasteiger partial charge in [0.25, 0.3) is 11.4 Å². The highest BCUT2D eigenvalue weighted by Gasteiger charge is 2.36. The zero-order valence-corrected chi connectivity index (χ0v) is 23.3. The third kappa shape index (κ3) is 7.51. The number of sulfone groups is 1. The molecule has 2 aromatic carbocycles. The third-order valence-corrected chi connectivity index (χ3v) is 9.13. The van der Waals surface area contributed by atoms with Crippen molar-refractivity contribution in [1.82, 2.24) is 14.9 Å². The number of benzene rings is 2. The van der Waals surface area contributed by atoms with Crippen LogP contribution in [-0.4, -0.2) is 61.3 Å². The van der Waals surface area contributed by atoms with Crippen LogP contribution in [0.15, 0.2) is 61.1 Å². The number of aromatic nitrogens is 2. The second kappa shape index (κ2) is 12.2. The fourth-order valence-corrected chi connectivity index (χ4v) is 5.30. The molecule has 3 aromatic rings. The van der Waals surface area contributed by atoms with E-state index in [0.29, 0.717) is 5.56 Å². The molecule has 1 aromatic heterocycles. The number of nitro benzene ring substituents is 2. The van der Waals surface area contributed by atoms with Crippen LogP contribution in [0.4, 0.5) is 11.4 Å². The molecule has 0 unspecified atom stereocenters. The first-order chi connectivity index (χ1) is 19.1. The van der Waals surface area contributed by atoms with Crippen molar-refractivity contribution in [2.45, 2.75) is 44.4 Å². The first kappa shape index (κ1) is 30.9. The van der Waals surface area contributed by atoms with Gasteiger partial charge in [-0.1, -0.05) is 30.3 Å². The van der Waals surface area contributed by atoms with Crippen LogP contribution in [0.1, 0.15) is 32.0 Å². The molecule has 2 atom stereocenters. The highest BCUT2D eigenvalue weighted by atomic mass is 32.2. The Morgan fingerprint density at radius 2 is 1.71 bits per heavy atom. The maximum Gasteiger partial charge on any atom is 0.326 e. The molecular formula is C26H29N5O9S. The summed E-state index contributed by atoms with van der Waals surface area (Å²) in [4.78, 5) is 50.6. The smallest absolute Gasteiger partial charge is 0.326 e. The van der Waals surface area contributed by atoms with Crippen molar-refractivity contribution in [3.05, 3.63) is 92.5 Å². The molecule has 0 saturated carbocycles. The van der Waals surface area contributed by atoms with E-state index in [-0.39, 0.29) is 24.2 Å². The highest BCUT2D eigenvalue weighted by molar-refractivity contribution is 7.92. The first-order valence-electron chi connectivity index (χ1n) is 12.3. The Kier molecular flexibility index (Phi) is 9.22. The van der Waals surface area contributed by atoms with Gasteiger partial charge in [0.15, 0.2) is 9.84 Å². The molecule has 0 fully saturated rings. The molecule has 2 N–H and O–H groups in total. The average molecular weight is 588 g/mol. The summed E-state index contributed by atoms with van der Waals surface area (Å²) < 4.78 is 26.0. The van der Waals surface area contributed by atoms with Gasteiger partial charge in [0.2, 0.25) is 5.91 Å². The minimum Gasteiger partial charge on any atom is -0.480 e. The van der Waals surface area contributed by atoms with Gasteiger partial charge in [0.05, 0.1) is 38.7 Å². The van der Waals surface area contributed by atoms with Crippen LogP contribution in [0, 0.1) is 26.1 Å². The molecule has 15 heteroatoms. The molecule has 1 amide bonds. The second-order valence-electron chi connectivity index (χ2n) is 10.3. The zero-order valence-electron chi connectivity index (χ0n) is 22.5. The number of carboxylic acids is 1. The van der Waals surface area contributed by atoms with Crippen molar-refractivity contribution < 1.29 is 33.0 Å². The van der Waals surface area contributed by atoms with E-state index in [1.54, 1.807) is 30.3 Å². The molecule has 0 aliphatic heterocycles. The van der Waals surface area contributed by atoms with Gasteiger partial charge in [-0.05, 0) is 38.8 Å². The minimum atomic E-state index is -3.77. The van der Waals surface area contributed by atoms with E-state index in [1.165, 1.54) is 37.9 Å². The van der Waals surface area contributed by atoms with Crippen LogP contribution >= 0.6 is 0 Å². The SMILES string of the molecule is CC(C)(C)S(=O)(=O)C[C@@H](Cc1ccccc1)C(=O)N[C@@H](Cc1cncn1-c1ccc([N+](=O)[O-])cc1[N+](=O)[O-])C(=O)O. The van der Waals surface area contributed by atoms with E-state index in [0.717, 1.165) is 18.2 Å². The quantitative estimate of drug-likeness (QED) is 0.234. The van der Waals surface area contributed by atoms with E-state index in [1.807, 2.05) is 0 Å². The molecule has 14 nitrogen and oxygen atoms in total. The van der Waals surface area contributed by atoms with Crippen molar-refractivity contribution in [1.29, 1.82) is 0 Å². The van der Waals surface area contributed by atoms with Crippen molar-refractivity contribution >= 4 is 33.1 Å². The predicted octanol–water partition coefficient (Wildman–Crippen LogP) is 2.87. The summed E-state index contributed by atoms with van der Waals surface area (Å²) in [6.45, 7) is 4.54. The number of non-ortho nitro benzene ring substituents is 1. The molecule has 1 heterocycles. The van der Waals surface area contributed by atoms with Gasteiger partial charge in [-0.3, -0.25) is 29.6 Å². The molecule has 0 saturated heterocycles. The van der Waals surface area contributed by atoms with Crippen LogP contribution in [0.3, 0.4) is 0 Å². The van der Waals surface area contributed by atoms with Crippen LogP contribution in [0.25, 0.3) is 5.69 Å². The summed E-state index contributed by atoms with van der Waals surface area (Å²) in [5, 5.41) is 35.1. The maximum absolute atomic E-state index is 13.4. The molecule has 3 rings (SSSR count). The number of hydrogen-bond donors (Lipinski definition) is 2. The molecule has 0 bridgehead atoms. The van der Waals surface area contributed by atoms with Crippen molar-refractivity contribution in [2.75, 3.05) is 5.75 Å². The Morgan fingerprint density at radius 3 is 2.27 bits per heavy atom. The molecular weight excluding hydrogens is 558 g/mol. The van der Waals surface area contributed by atoms with Gasteiger partial charge in [-0.15, -0.1) is 0 Å². The van der Waals surface area contributed by atoms with E-state index >= 15 is 0 Å². The lowest BCUT2D eigenvalue weighted by Gasteiger charge is -2.25. The topological polar surface area (TPSA) is 205 Å². The minimum absolute atomic E-state index is 0.0429. The summed E-state index contributed by atoms with van der Waals surface area (Å²) in [5.41, 5.74) is -0.373. The number of aliphatic carboxylic acids is 1. The number of amides is 1. The van der Waals surface area contributed by atoms with Gasteiger partial charge in [-0.2, -0.15) is 0 Å². The lowest BCUT2D eigenvalue weighted by Crippen LogP contribution is -2.48. The summed E-state index contributed by atoms with van der Waals surface area (Å²) in [7, 11) is -3.77. The summed E-state index contributed by atoms with van der Waals surface area (Å²) in [6, 6.07) is 10.1. The van der Waals surface area contributed by atoms with Crippen molar-refractivity contribution in [3.8, 4) is 5.69 Å². The van der Waals surface area contributed by atoms with Crippen molar-refractivity contribution in [2.24, 2.45) is 5.92 Å². The molecule has 0 spiro atoms. The molecule has 0 aliphatic rings. The molecule has 218 valence electrons. The largest absolute Gasteiger partial charge is 0.480 e. The van der Waals surface area contributed by atoms with Crippen LogP contribution in [-0.2, 0) is 32.3 Å². The number of imidazole rings is 1. The predicted molar refractivity (Wildman–Crippen MR) is 147 cm³/mol. The van der Waals surface area contributed by atoms with E-state index in [9.17, 15) is 43.3 Å². The van der Waals surface area contributed by atoms with Crippen LogP contribution in [0.5, 0.6) is 0 Å². The average Bonchev–Trinajstić information content (AvgIpc) is 3.35. The van der Waals surface area contributed by atoms with Gasteiger partial charge in [0, 0.05) is 24.4 Å². The number of nitrogens with one attached hydrogen (secondary N) is 1. The molecule has 0 aliphatic carbocycles. The number of carbonyl (C=O) groups is 2. The Hall–Kier alpha value is -4.66. The Labute approximate surface area is 235 Å². The van der Waals surface area contributed by atoms with E-state index in [2.05, 4.69) is 10.3 Å². The molecule has 0 radical (unpaired) electrons. The van der Waals surface area contributed by atoms with Crippen LogP contribution in [0.2, 0.25) is 0 Å². The van der Waals surface area contributed by atoms with Gasteiger partial charge in [0.1, 0.15) is 11.7 Å². The number of rotatable bonds is 12. The summed E-state index contributed by atoms with van der Waals surface area (Å²) in [5.74, 6) is -3.84. The van der Waals surface area contributed by atoms with Gasteiger partial charge in [-0.25, -0.2) is 18.2 Å². The fraction of sp³-hybridized carbons (Fsp3) is 0.346. The lowest BCUT2D eigenvalue weighted by atomic mass is 9.99. The fourth-order valence-electron chi connectivity index (χ4n) is 4.01. The monoisotopic (exact) mass is 587 g/mol. The summed E-state index contributed by atoms with van der Waals surface area (Å²) >= 11 is 0. The number of hydrogen-bond acceptors (Lipinski definition) is 9. The van der Waals surface area contributed by atoms with Gasteiger partial charge < -0.3 is 10.4 Å². The van der Waals surface area contributed by atoms with Gasteiger partial charge >= 0.3 is 5.97 Å². The Morgan fingerprint density at radius 1 is 1.05 bits per heavy atom.